The Balaban J connectivity index is 1.81. The molecule has 1 aliphatic heterocycles. The van der Waals surface area contributed by atoms with E-state index < -0.39 is 0 Å². The van der Waals surface area contributed by atoms with E-state index in [1.165, 1.54) is 25.7 Å². The van der Waals surface area contributed by atoms with Crippen molar-refractivity contribution >= 4 is 5.91 Å². The fourth-order valence-corrected chi connectivity index (χ4v) is 3.32. The van der Waals surface area contributed by atoms with Gasteiger partial charge in [0, 0.05) is 13.3 Å². The number of rotatable bonds is 1. The molecule has 2 aliphatic rings. The molecule has 0 spiro atoms. The van der Waals surface area contributed by atoms with Crippen LogP contribution < -0.4 is 4.90 Å². The van der Waals surface area contributed by atoms with Gasteiger partial charge in [0.15, 0.2) is 0 Å². The van der Waals surface area contributed by atoms with Gasteiger partial charge >= 0.3 is 0 Å². The minimum absolute atomic E-state index is 0.246. The van der Waals surface area contributed by atoms with Crippen molar-refractivity contribution in [2.45, 2.75) is 45.6 Å². The summed E-state index contributed by atoms with van der Waals surface area (Å²) in [7, 11) is 0. The average molecular weight is 225 g/mol. The van der Waals surface area contributed by atoms with Crippen LogP contribution in [0.25, 0.3) is 0 Å². The maximum atomic E-state index is 11.3. The zero-order chi connectivity index (χ0) is 11.5. The lowest BCUT2D eigenvalue weighted by molar-refractivity contribution is -0.930. The van der Waals surface area contributed by atoms with E-state index >= 15 is 0 Å². The van der Waals surface area contributed by atoms with Crippen LogP contribution in [0.1, 0.15) is 39.5 Å². The molecular weight excluding hydrogens is 200 g/mol. The maximum absolute atomic E-state index is 11.3. The van der Waals surface area contributed by atoms with Gasteiger partial charge in [0.1, 0.15) is 0 Å². The van der Waals surface area contributed by atoms with Crippen LogP contribution in [0, 0.1) is 5.92 Å². The highest BCUT2D eigenvalue weighted by Crippen LogP contribution is 2.22. The highest BCUT2D eigenvalue weighted by molar-refractivity contribution is 5.73. The Kier molecular flexibility index (Phi) is 3.85. The van der Waals surface area contributed by atoms with Crippen molar-refractivity contribution in [3.8, 4) is 0 Å². The van der Waals surface area contributed by atoms with Crippen LogP contribution in [-0.4, -0.2) is 43.0 Å². The van der Waals surface area contributed by atoms with Crippen molar-refractivity contribution in [3.63, 3.8) is 0 Å². The van der Waals surface area contributed by atoms with Gasteiger partial charge in [-0.15, -0.1) is 0 Å². The number of hydrogen-bond donors (Lipinski definition) is 1. The summed E-state index contributed by atoms with van der Waals surface area (Å²) in [5, 5.41) is 0. The molecule has 0 unspecified atom stereocenters. The highest BCUT2D eigenvalue weighted by atomic mass is 16.2. The van der Waals surface area contributed by atoms with E-state index in [1.54, 1.807) is 11.8 Å². The van der Waals surface area contributed by atoms with Crippen molar-refractivity contribution in [1.82, 2.24) is 4.90 Å². The normalized spacial score (nSPS) is 32.8. The van der Waals surface area contributed by atoms with Gasteiger partial charge in [-0.2, -0.15) is 0 Å². The summed E-state index contributed by atoms with van der Waals surface area (Å²) in [6.07, 6.45) is 5.63. The molecule has 1 heterocycles. The largest absolute Gasteiger partial charge is 0.332 e. The summed E-state index contributed by atoms with van der Waals surface area (Å²) >= 11 is 0. The van der Waals surface area contributed by atoms with E-state index in [1.807, 2.05) is 4.90 Å². The molecule has 1 amide bonds. The number of nitrogens with one attached hydrogen (secondary N) is 1. The van der Waals surface area contributed by atoms with Gasteiger partial charge in [-0.05, 0) is 18.8 Å². The minimum atomic E-state index is 0.246. The predicted molar refractivity (Wildman–Crippen MR) is 64.4 cm³/mol. The molecule has 1 saturated carbocycles. The molecule has 3 heteroatoms. The van der Waals surface area contributed by atoms with Crippen LogP contribution in [0.3, 0.4) is 0 Å². The van der Waals surface area contributed by atoms with E-state index in [4.69, 9.17) is 0 Å². The summed E-state index contributed by atoms with van der Waals surface area (Å²) in [5.74, 6) is 1.16. The van der Waals surface area contributed by atoms with Gasteiger partial charge in [0.05, 0.1) is 32.2 Å². The third-order valence-electron chi connectivity index (χ3n) is 4.36. The molecule has 2 rings (SSSR count). The fraction of sp³-hybridized carbons (Fsp3) is 0.923. The summed E-state index contributed by atoms with van der Waals surface area (Å²) < 4.78 is 0. The van der Waals surface area contributed by atoms with E-state index in [2.05, 4.69) is 6.92 Å². The Hall–Kier alpha value is -0.570. The van der Waals surface area contributed by atoms with Gasteiger partial charge in [0.2, 0.25) is 5.91 Å². The van der Waals surface area contributed by atoms with Crippen LogP contribution in [0.5, 0.6) is 0 Å². The SMILES string of the molecule is CC(=O)N1CC[NH+]([C@@H]2CCC[C@H](C)C2)CC1. The second-order valence-corrected chi connectivity index (χ2v) is 5.63. The first kappa shape index (κ1) is 11.9. The van der Waals surface area contributed by atoms with Gasteiger partial charge in [-0.1, -0.05) is 13.3 Å². The molecule has 2 atom stereocenters. The van der Waals surface area contributed by atoms with Crippen LogP contribution in [0.15, 0.2) is 0 Å². The third kappa shape index (κ3) is 2.76. The number of carbonyl (C=O) groups is 1. The van der Waals surface area contributed by atoms with Gasteiger partial charge in [-0.25, -0.2) is 0 Å². The average Bonchev–Trinajstić information content (AvgIpc) is 2.29. The lowest BCUT2D eigenvalue weighted by atomic mass is 9.86. The molecule has 1 aliphatic carbocycles. The third-order valence-corrected chi connectivity index (χ3v) is 4.36. The maximum Gasteiger partial charge on any atom is 0.219 e. The van der Waals surface area contributed by atoms with Crippen LogP contribution in [-0.2, 0) is 4.79 Å². The summed E-state index contributed by atoms with van der Waals surface area (Å²) in [5.41, 5.74) is 0. The van der Waals surface area contributed by atoms with Crippen molar-refractivity contribution in [2.75, 3.05) is 26.2 Å². The van der Waals surface area contributed by atoms with Crippen molar-refractivity contribution in [2.24, 2.45) is 5.92 Å². The Morgan fingerprint density at radius 1 is 1.25 bits per heavy atom. The van der Waals surface area contributed by atoms with Crippen molar-refractivity contribution in [1.29, 1.82) is 0 Å². The summed E-state index contributed by atoms with van der Waals surface area (Å²) in [6, 6.07) is 0.873. The lowest BCUT2D eigenvalue weighted by Gasteiger charge is -2.39. The molecule has 0 aromatic rings. The first-order valence-electron chi connectivity index (χ1n) is 6.77. The lowest BCUT2D eigenvalue weighted by Crippen LogP contribution is -3.18. The van der Waals surface area contributed by atoms with E-state index in [-0.39, 0.29) is 5.91 Å². The van der Waals surface area contributed by atoms with Crippen molar-refractivity contribution in [3.05, 3.63) is 0 Å². The van der Waals surface area contributed by atoms with Crippen molar-refractivity contribution < 1.29 is 9.69 Å². The van der Waals surface area contributed by atoms with Gasteiger partial charge in [0.25, 0.3) is 0 Å². The zero-order valence-electron chi connectivity index (χ0n) is 10.7. The van der Waals surface area contributed by atoms with Crippen LogP contribution in [0.4, 0.5) is 0 Å². The Labute approximate surface area is 98.8 Å². The standard InChI is InChI=1S/C13H24N2O/c1-11-4-3-5-13(10-11)15-8-6-14(7-9-15)12(2)16/h11,13H,3-10H2,1-2H3/p+1/t11-,13+/m0/s1. The number of quaternary nitrogens is 1. The number of carbonyl (C=O) groups excluding carboxylic acids is 1. The topological polar surface area (TPSA) is 24.8 Å². The summed E-state index contributed by atoms with van der Waals surface area (Å²) in [6.45, 7) is 8.34. The number of amides is 1. The molecule has 3 nitrogen and oxygen atoms in total. The summed E-state index contributed by atoms with van der Waals surface area (Å²) in [4.78, 5) is 15.0. The molecule has 92 valence electrons. The molecule has 0 radical (unpaired) electrons. The second kappa shape index (κ2) is 5.17. The first-order valence-corrected chi connectivity index (χ1v) is 6.77. The van der Waals surface area contributed by atoms with E-state index in [0.29, 0.717) is 0 Å². The highest BCUT2D eigenvalue weighted by Gasteiger charge is 2.31. The molecule has 16 heavy (non-hydrogen) atoms. The first-order chi connectivity index (χ1) is 7.66. The quantitative estimate of drug-likeness (QED) is 0.683. The molecule has 0 aromatic carbocycles. The van der Waals surface area contributed by atoms with Crippen LogP contribution in [0.2, 0.25) is 0 Å². The minimum Gasteiger partial charge on any atom is -0.332 e. The van der Waals surface area contributed by atoms with E-state index in [0.717, 1.165) is 38.1 Å². The van der Waals surface area contributed by atoms with Gasteiger partial charge < -0.3 is 9.80 Å². The molecule has 2 fully saturated rings. The van der Waals surface area contributed by atoms with Gasteiger partial charge in [-0.3, -0.25) is 4.79 Å². The predicted octanol–water partition coefficient (Wildman–Crippen LogP) is 0.312. The Morgan fingerprint density at radius 2 is 1.94 bits per heavy atom. The smallest absolute Gasteiger partial charge is 0.219 e. The van der Waals surface area contributed by atoms with E-state index in [9.17, 15) is 4.79 Å². The monoisotopic (exact) mass is 225 g/mol. The number of piperazine rings is 1. The molecule has 0 aromatic heterocycles. The molecule has 1 N–H and O–H groups in total. The second-order valence-electron chi connectivity index (χ2n) is 5.63. The Bertz CT molecular complexity index is 246. The number of hydrogen-bond acceptors (Lipinski definition) is 1. The fourth-order valence-electron chi connectivity index (χ4n) is 3.32. The molecule has 0 bridgehead atoms. The molecule has 1 saturated heterocycles. The Morgan fingerprint density at radius 3 is 2.50 bits per heavy atom. The van der Waals surface area contributed by atoms with Crippen LogP contribution >= 0.6 is 0 Å². The number of nitrogens with zero attached hydrogens (tertiary/aromatic N) is 1. The molecular formula is C13H25N2O+. The zero-order valence-corrected chi connectivity index (χ0v) is 10.7.